The van der Waals surface area contributed by atoms with E-state index in [1.165, 1.54) is 17.0 Å². The number of rotatable bonds is 13. The second-order valence-electron chi connectivity index (χ2n) is 9.18. The number of unbranched alkanes of at least 4 members (excludes halogenated alkanes) is 1. The molecule has 0 spiro atoms. The Morgan fingerprint density at radius 1 is 1.08 bits per heavy atom. The number of likely N-dealkylation sites (tertiary alicyclic amines) is 1. The lowest BCUT2D eigenvalue weighted by molar-refractivity contribution is -0.142. The molecule has 0 aliphatic carbocycles. The minimum absolute atomic E-state index is 0.0265. The number of carbonyl (C=O) groups excluding carboxylic acids is 2. The van der Waals surface area contributed by atoms with Gasteiger partial charge in [-0.1, -0.05) is 30.3 Å². The van der Waals surface area contributed by atoms with Gasteiger partial charge in [0.1, 0.15) is 12.1 Å². The van der Waals surface area contributed by atoms with Gasteiger partial charge >= 0.3 is 5.97 Å². The van der Waals surface area contributed by atoms with Crippen molar-refractivity contribution in [1.82, 2.24) is 9.21 Å². The summed E-state index contributed by atoms with van der Waals surface area (Å²) in [6, 6.07) is 9.71. The van der Waals surface area contributed by atoms with Gasteiger partial charge in [-0.15, -0.1) is 0 Å². The fraction of sp³-hybridized carbons (Fsp3) is 0.440. The topological polar surface area (TPSA) is 202 Å². The molecule has 3 rings (SSSR count). The van der Waals surface area contributed by atoms with Gasteiger partial charge in [0, 0.05) is 26.1 Å². The van der Waals surface area contributed by atoms with E-state index >= 15 is 0 Å². The number of hydrogen-bond acceptors (Lipinski definition) is 6. The highest BCUT2D eigenvalue weighted by atomic mass is 32.2. The molecule has 2 aromatic rings. The van der Waals surface area contributed by atoms with Crippen LogP contribution in [-0.4, -0.2) is 78.2 Å². The SMILES string of the molecule is NC(=O)[C@@H]1CCCN1C(=O)[C@@H](CCC(=O)O)N(CCCCN=C(N)N)S(=O)(=O)c1ccc2ccccc2c1. The van der Waals surface area contributed by atoms with Crippen molar-refractivity contribution in [3.05, 3.63) is 42.5 Å². The molecule has 2 atom stereocenters. The molecule has 1 aliphatic rings. The summed E-state index contributed by atoms with van der Waals surface area (Å²) in [5, 5.41) is 10.9. The summed E-state index contributed by atoms with van der Waals surface area (Å²) in [7, 11) is -4.26. The molecule has 206 valence electrons. The Kier molecular flexibility index (Phi) is 9.64. The van der Waals surface area contributed by atoms with Crippen LogP contribution in [-0.2, 0) is 24.4 Å². The number of amides is 2. The molecule has 2 aromatic carbocycles. The van der Waals surface area contributed by atoms with E-state index in [0.717, 1.165) is 9.69 Å². The highest BCUT2D eigenvalue weighted by Gasteiger charge is 2.42. The maximum atomic E-state index is 14.0. The van der Waals surface area contributed by atoms with Crippen molar-refractivity contribution in [3.63, 3.8) is 0 Å². The summed E-state index contributed by atoms with van der Waals surface area (Å²) in [6.45, 7) is 0.403. The van der Waals surface area contributed by atoms with Crippen LogP contribution in [0.1, 0.15) is 38.5 Å². The molecule has 13 heteroatoms. The Bertz CT molecular complexity index is 1310. The Balaban J connectivity index is 2.02. The summed E-state index contributed by atoms with van der Waals surface area (Å²) in [4.78, 5) is 42.4. The second kappa shape index (κ2) is 12.7. The zero-order valence-corrected chi connectivity index (χ0v) is 21.8. The summed E-state index contributed by atoms with van der Waals surface area (Å²) in [5.74, 6) is -2.59. The molecule has 12 nitrogen and oxygen atoms in total. The van der Waals surface area contributed by atoms with Crippen molar-refractivity contribution < 1.29 is 27.9 Å². The lowest BCUT2D eigenvalue weighted by atomic mass is 10.1. The number of nitrogens with zero attached hydrogens (tertiary/aromatic N) is 3. The van der Waals surface area contributed by atoms with Crippen LogP contribution in [0.3, 0.4) is 0 Å². The van der Waals surface area contributed by atoms with Crippen LogP contribution in [0.15, 0.2) is 52.4 Å². The summed E-state index contributed by atoms with van der Waals surface area (Å²) >= 11 is 0. The molecule has 1 saturated heterocycles. The highest BCUT2D eigenvalue weighted by Crippen LogP contribution is 2.28. The summed E-state index contributed by atoms with van der Waals surface area (Å²) in [5.41, 5.74) is 16.2. The molecule has 0 unspecified atom stereocenters. The van der Waals surface area contributed by atoms with Crippen LogP contribution in [0.2, 0.25) is 0 Å². The van der Waals surface area contributed by atoms with Crippen molar-refractivity contribution in [1.29, 1.82) is 0 Å². The van der Waals surface area contributed by atoms with E-state index in [4.69, 9.17) is 17.2 Å². The van der Waals surface area contributed by atoms with Crippen LogP contribution in [0.5, 0.6) is 0 Å². The van der Waals surface area contributed by atoms with E-state index < -0.39 is 46.3 Å². The third-order valence-corrected chi connectivity index (χ3v) is 8.44. The summed E-state index contributed by atoms with van der Waals surface area (Å²) in [6.07, 6.45) is 0.915. The van der Waals surface area contributed by atoms with E-state index in [2.05, 4.69) is 4.99 Å². The molecular formula is C25H34N6O6S. The maximum Gasteiger partial charge on any atom is 0.303 e. The number of benzene rings is 2. The van der Waals surface area contributed by atoms with Crippen LogP contribution >= 0.6 is 0 Å². The number of carboxylic acids is 1. The zero-order chi connectivity index (χ0) is 27.9. The molecule has 0 radical (unpaired) electrons. The van der Waals surface area contributed by atoms with Gasteiger partial charge in [-0.05, 0) is 55.0 Å². The average molecular weight is 547 g/mol. The minimum Gasteiger partial charge on any atom is -0.481 e. The zero-order valence-electron chi connectivity index (χ0n) is 21.0. The molecule has 1 heterocycles. The normalized spacial score (nSPS) is 16.4. The lowest BCUT2D eigenvalue weighted by Crippen LogP contribution is -2.54. The fourth-order valence-electron chi connectivity index (χ4n) is 4.66. The van der Waals surface area contributed by atoms with Crippen LogP contribution in [0, 0.1) is 0 Å². The number of sulfonamides is 1. The van der Waals surface area contributed by atoms with Gasteiger partial charge in [0.2, 0.25) is 21.8 Å². The first kappa shape index (κ1) is 28.9. The molecule has 1 aliphatic heterocycles. The smallest absolute Gasteiger partial charge is 0.303 e. The van der Waals surface area contributed by atoms with Gasteiger partial charge < -0.3 is 27.2 Å². The van der Waals surface area contributed by atoms with Crippen molar-refractivity contribution in [2.45, 2.75) is 55.5 Å². The summed E-state index contributed by atoms with van der Waals surface area (Å²) < 4.78 is 29.1. The van der Waals surface area contributed by atoms with Crippen molar-refractivity contribution in [3.8, 4) is 0 Å². The predicted molar refractivity (Wildman–Crippen MR) is 142 cm³/mol. The Morgan fingerprint density at radius 3 is 2.45 bits per heavy atom. The lowest BCUT2D eigenvalue weighted by Gasteiger charge is -2.34. The number of hydrogen-bond donors (Lipinski definition) is 4. The number of aliphatic carboxylic acids is 1. The number of primary amides is 1. The van der Waals surface area contributed by atoms with Gasteiger partial charge in [-0.2, -0.15) is 4.31 Å². The number of carbonyl (C=O) groups is 3. The van der Waals surface area contributed by atoms with Gasteiger partial charge in [-0.25, -0.2) is 8.42 Å². The molecule has 0 bridgehead atoms. The quantitative estimate of drug-likeness (QED) is 0.159. The number of carboxylic acid groups (broad SMARTS) is 1. The standard InChI is InChI=1S/C25H34N6O6S/c26-23(34)20-8-5-14-30(20)24(35)21(11-12-22(32)33)31(15-4-3-13-29-25(27)28)38(36,37)19-10-9-17-6-1-2-7-18(17)16-19/h1-2,6-7,9-10,16,20-21H,3-5,8,11-15H2,(H2,26,34)(H,32,33)(H4,27,28,29)/t20-,21+/m0/s1. The predicted octanol–water partition coefficient (Wildman–Crippen LogP) is 0.594. The molecular weight excluding hydrogens is 512 g/mol. The van der Waals surface area contributed by atoms with Crippen molar-refractivity contribution in [2.75, 3.05) is 19.6 Å². The molecule has 2 amide bonds. The Labute approximate surface area is 221 Å². The van der Waals surface area contributed by atoms with Crippen molar-refractivity contribution in [2.24, 2.45) is 22.2 Å². The number of nitrogens with two attached hydrogens (primary N) is 3. The molecule has 1 fully saturated rings. The number of guanidine groups is 1. The van der Waals surface area contributed by atoms with E-state index in [0.29, 0.717) is 31.1 Å². The Morgan fingerprint density at radius 2 is 1.79 bits per heavy atom. The van der Waals surface area contributed by atoms with E-state index in [9.17, 15) is 27.9 Å². The molecule has 0 aromatic heterocycles. The van der Waals surface area contributed by atoms with Gasteiger partial charge in [0.15, 0.2) is 5.96 Å². The van der Waals surface area contributed by atoms with Gasteiger partial charge in [0.25, 0.3) is 0 Å². The second-order valence-corrected chi connectivity index (χ2v) is 11.1. The van der Waals surface area contributed by atoms with Crippen molar-refractivity contribution >= 4 is 44.5 Å². The number of aliphatic imine (C=N–C) groups is 1. The monoisotopic (exact) mass is 546 g/mol. The van der Waals surface area contributed by atoms with E-state index in [1.54, 1.807) is 18.2 Å². The van der Waals surface area contributed by atoms with E-state index in [1.807, 2.05) is 12.1 Å². The molecule has 7 N–H and O–H groups in total. The third-order valence-electron chi connectivity index (χ3n) is 6.54. The Hall–Kier alpha value is -3.71. The first-order chi connectivity index (χ1) is 18.0. The third kappa shape index (κ3) is 6.98. The number of fused-ring (bicyclic) bond motifs is 1. The maximum absolute atomic E-state index is 14.0. The largest absolute Gasteiger partial charge is 0.481 e. The van der Waals surface area contributed by atoms with Crippen LogP contribution in [0.4, 0.5) is 0 Å². The fourth-order valence-corrected chi connectivity index (χ4v) is 6.35. The van der Waals surface area contributed by atoms with Crippen LogP contribution in [0.25, 0.3) is 10.8 Å². The molecule has 0 saturated carbocycles. The minimum atomic E-state index is -4.26. The first-order valence-corrected chi connectivity index (χ1v) is 13.8. The van der Waals surface area contributed by atoms with Gasteiger partial charge in [0.05, 0.1) is 4.90 Å². The average Bonchev–Trinajstić information content (AvgIpc) is 3.37. The van der Waals surface area contributed by atoms with Gasteiger partial charge in [-0.3, -0.25) is 19.4 Å². The van der Waals surface area contributed by atoms with Crippen LogP contribution < -0.4 is 17.2 Å². The first-order valence-electron chi connectivity index (χ1n) is 12.4. The molecule has 38 heavy (non-hydrogen) atoms. The highest BCUT2D eigenvalue weighted by molar-refractivity contribution is 7.89. The van der Waals surface area contributed by atoms with E-state index in [-0.39, 0.29) is 36.9 Å².